The number of imide groups is 1. The van der Waals surface area contributed by atoms with E-state index in [0.717, 1.165) is 33.9 Å². The Morgan fingerprint density at radius 3 is 2.16 bits per heavy atom. The molecule has 3 amide bonds. The normalized spacial score (nSPS) is 16.8. The number of hydrogen-bond acceptors (Lipinski definition) is 5. The zero-order chi connectivity index (χ0) is 30.5. The van der Waals surface area contributed by atoms with E-state index in [9.17, 15) is 9.59 Å². The van der Waals surface area contributed by atoms with Crippen molar-refractivity contribution < 1.29 is 19.1 Å². The second-order valence-corrected chi connectivity index (χ2v) is 11.4. The zero-order valence-electron chi connectivity index (χ0n) is 25.3. The second-order valence-electron chi connectivity index (χ2n) is 11.4. The Hall–Kier alpha value is -4.82. The van der Waals surface area contributed by atoms with E-state index in [4.69, 9.17) is 9.47 Å². The second kappa shape index (κ2) is 12.8. The number of aromatic nitrogens is 1. The number of nitrogens with zero attached hydrogens (tertiary/aromatic N) is 4. The van der Waals surface area contributed by atoms with Crippen molar-refractivity contribution in [2.24, 2.45) is 0 Å². The Kier molecular flexibility index (Phi) is 8.52. The minimum absolute atomic E-state index is 0.107. The number of methoxy groups -OCH3 is 2. The fraction of sp³-hybridized carbons (Fsp3) is 0.278. The van der Waals surface area contributed by atoms with Gasteiger partial charge in [0.2, 0.25) is 0 Å². The van der Waals surface area contributed by atoms with E-state index in [1.165, 1.54) is 4.90 Å². The number of urea groups is 1. The molecule has 4 aromatic rings. The van der Waals surface area contributed by atoms with Crippen LogP contribution in [0, 0.1) is 0 Å². The highest BCUT2D eigenvalue weighted by Gasteiger charge is 2.57. The van der Waals surface area contributed by atoms with Gasteiger partial charge in [0, 0.05) is 56.9 Å². The third-order valence-electron chi connectivity index (χ3n) is 8.67. The molecule has 0 atom stereocenters. The lowest BCUT2D eigenvalue weighted by Gasteiger charge is -2.42. The number of piperidine rings is 1. The van der Waals surface area contributed by atoms with Crippen LogP contribution < -0.4 is 9.47 Å². The first-order valence-electron chi connectivity index (χ1n) is 15.0. The molecule has 3 aromatic carbocycles. The number of benzene rings is 3. The molecule has 0 bridgehead atoms. The van der Waals surface area contributed by atoms with E-state index in [1.54, 1.807) is 14.2 Å². The van der Waals surface area contributed by atoms with Crippen molar-refractivity contribution >= 4 is 18.0 Å². The average molecular weight is 591 g/mol. The highest BCUT2D eigenvalue weighted by Crippen LogP contribution is 2.39. The van der Waals surface area contributed by atoms with E-state index >= 15 is 0 Å². The Balaban J connectivity index is 1.24. The summed E-state index contributed by atoms with van der Waals surface area (Å²) in [4.78, 5) is 33.8. The third kappa shape index (κ3) is 5.98. The molecule has 0 N–H and O–H groups in total. The Bertz CT molecular complexity index is 1600. The minimum atomic E-state index is -0.885. The van der Waals surface area contributed by atoms with Crippen LogP contribution in [0.4, 0.5) is 4.79 Å². The number of ether oxygens (including phenoxy) is 2. The summed E-state index contributed by atoms with van der Waals surface area (Å²) in [5.41, 5.74) is 3.23. The van der Waals surface area contributed by atoms with Crippen molar-refractivity contribution in [3.8, 4) is 17.2 Å². The van der Waals surface area contributed by atoms with Gasteiger partial charge < -0.3 is 18.9 Å². The van der Waals surface area contributed by atoms with Gasteiger partial charge in [-0.25, -0.2) is 4.79 Å². The van der Waals surface area contributed by atoms with Gasteiger partial charge in [-0.3, -0.25) is 14.6 Å². The number of hydrogen-bond donors (Lipinski definition) is 0. The number of likely N-dealkylation sites (tertiary alicyclic amines) is 1. The lowest BCUT2D eigenvalue weighted by atomic mass is 9.85. The van der Waals surface area contributed by atoms with E-state index in [2.05, 4.69) is 11.0 Å². The number of carbonyl (C=O) groups is 2. The number of amides is 3. The standard InChI is InChI=1S/C36H38N4O4/c1-43-32-23-30(24-33(25-32)44-2)26-37-20-15-36(16-21-37)34(41)39(19-9-13-28-10-4-3-5-11-28)35(42)40(36)27-29-12-8-14-31(22-29)38-17-6-7-18-38/h3-14,17-18,22-25H,15-16,19-21,26-27H2,1-2H3/b13-9+. The highest BCUT2D eigenvalue weighted by atomic mass is 16.5. The van der Waals surface area contributed by atoms with E-state index in [1.807, 2.05) is 113 Å². The summed E-state index contributed by atoms with van der Waals surface area (Å²) in [5, 5.41) is 0. The molecule has 0 aliphatic carbocycles. The predicted molar refractivity (Wildman–Crippen MR) is 171 cm³/mol. The van der Waals surface area contributed by atoms with Gasteiger partial charge in [-0.1, -0.05) is 54.6 Å². The van der Waals surface area contributed by atoms with Crippen molar-refractivity contribution in [2.45, 2.75) is 31.5 Å². The van der Waals surface area contributed by atoms with Crippen LogP contribution in [0.1, 0.15) is 29.5 Å². The lowest BCUT2D eigenvalue weighted by Crippen LogP contribution is -2.56. The molecule has 0 unspecified atom stereocenters. The predicted octanol–water partition coefficient (Wildman–Crippen LogP) is 6.01. The molecule has 8 nitrogen and oxygen atoms in total. The first kappa shape index (κ1) is 29.3. The van der Waals surface area contributed by atoms with Gasteiger partial charge in [0.15, 0.2) is 0 Å². The van der Waals surface area contributed by atoms with Gasteiger partial charge in [0.1, 0.15) is 17.0 Å². The maximum absolute atomic E-state index is 14.2. The number of carbonyl (C=O) groups excluding carboxylic acids is 2. The molecule has 1 aromatic heterocycles. The van der Waals surface area contributed by atoms with Crippen molar-refractivity contribution in [1.29, 1.82) is 0 Å². The maximum atomic E-state index is 14.2. The molecule has 6 rings (SSSR count). The summed E-state index contributed by atoms with van der Waals surface area (Å²) in [7, 11) is 3.30. The van der Waals surface area contributed by atoms with Gasteiger partial charge >= 0.3 is 6.03 Å². The van der Waals surface area contributed by atoms with Gasteiger partial charge in [0.25, 0.3) is 5.91 Å². The molecule has 2 aliphatic rings. The molecule has 2 saturated heterocycles. The van der Waals surface area contributed by atoms with E-state index < -0.39 is 5.54 Å². The monoisotopic (exact) mass is 590 g/mol. The first-order chi connectivity index (χ1) is 21.5. The van der Waals surface area contributed by atoms with Crippen molar-refractivity contribution in [2.75, 3.05) is 33.9 Å². The molecule has 8 heteroatoms. The molecule has 226 valence electrons. The van der Waals surface area contributed by atoms with Gasteiger partial charge in [0.05, 0.1) is 14.2 Å². The van der Waals surface area contributed by atoms with Crippen molar-refractivity contribution in [3.05, 3.63) is 120 Å². The zero-order valence-corrected chi connectivity index (χ0v) is 25.3. The van der Waals surface area contributed by atoms with Gasteiger partial charge in [-0.05, 0) is 65.9 Å². The smallest absolute Gasteiger partial charge is 0.328 e. The van der Waals surface area contributed by atoms with E-state index in [0.29, 0.717) is 39.0 Å². The molecule has 2 fully saturated rings. The lowest BCUT2D eigenvalue weighted by molar-refractivity contribution is -0.135. The first-order valence-corrected chi connectivity index (χ1v) is 15.0. The molecular formula is C36H38N4O4. The van der Waals surface area contributed by atoms with Crippen LogP contribution in [0.5, 0.6) is 11.5 Å². The summed E-state index contributed by atoms with van der Waals surface area (Å²) >= 11 is 0. The SMILES string of the molecule is COc1cc(CN2CCC3(CC2)C(=O)N(C/C=C/c2ccccc2)C(=O)N3Cc2cccc(-n3cccc3)c2)cc(OC)c1. The van der Waals surface area contributed by atoms with Crippen LogP contribution >= 0.6 is 0 Å². The van der Waals surface area contributed by atoms with Crippen LogP contribution in [0.3, 0.4) is 0 Å². The third-order valence-corrected chi connectivity index (χ3v) is 8.67. The summed E-state index contributed by atoms with van der Waals surface area (Å²) in [5.74, 6) is 1.39. The fourth-order valence-electron chi connectivity index (χ4n) is 6.31. The van der Waals surface area contributed by atoms with Gasteiger partial charge in [-0.2, -0.15) is 0 Å². The molecule has 3 heterocycles. The fourth-order valence-corrected chi connectivity index (χ4v) is 6.31. The topological polar surface area (TPSA) is 67.2 Å². The van der Waals surface area contributed by atoms with Gasteiger partial charge in [-0.15, -0.1) is 0 Å². The largest absolute Gasteiger partial charge is 0.497 e. The minimum Gasteiger partial charge on any atom is -0.497 e. The summed E-state index contributed by atoms with van der Waals surface area (Å²) in [6.07, 6.45) is 8.99. The molecule has 44 heavy (non-hydrogen) atoms. The summed E-state index contributed by atoms with van der Waals surface area (Å²) in [6, 6.07) is 27.7. The Morgan fingerprint density at radius 1 is 0.773 bits per heavy atom. The van der Waals surface area contributed by atoms with E-state index in [-0.39, 0.29) is 18.5 Å². The Labute approximate surface area is 258 Å². The van der Waals surface area contributed by atoms with Crippen LogP contribution in [0.15, 0.2) is 103 Å². The Morgan fingerprint density at radius 2 is 1.48 bits per heavy atom. The number of rotatable bonds is 10. The van der Waals surface area contributed by atoms with Crippen molar-refractivity contribution in [3.63, 3.8) is 0 Å². The van der Waals surface area contributed by atoms with Crippen LogP contribution in [-0.2, 0) is 17.9 Å². The molecule has 2 aliphatic heterocycles. The van der Waals surface area contributed by atoms with Crippen LogP contribution in [-0.4, -0.2) is 70.6 Å². The van der Waals surface area contributed by atoms with Crippen LogP contribution in [0.2, 0.25) is 0 Å². The molecular weight excluding hydrogens is 552 g/mol. The summed E-state index contributed by atoms with van der Waals surface area (Å²) < 4.78 is 13.0. The highest BCUT2D eigenvalue weighted by molar-refractivity contribution is 6.07. The summed E-state index contributed by atoms with van der Waals surface area (Å²) in [6.45, 7) is 2.68. The average Bonchev–Trinajstić information content (AvgIpc) is 3.66. The van der Waals surface area contributed by atoms with Crippen LogP contribution in [0.25, 0.3) is 11.8 Å². The maximum Gasteiger partial charge on any atom is 0.328 e. The molecule has 1 spiro atoms. The van der Waals surface area contributed by atoms with Crippen molar-refractivity contribution in [1.82, 2.24) is 19.3 Å². The molecule has 0 saturated carbocycles. The quantitative estimate of drug-likeness (QED) is 0.212. The molecule has 0 radical (unpaired) electrons.